The quantitative estimate of drug-likeness (QED) is 0.607. The minimum Gasteiger partial charge on any atom is -0.497 e. The molecule has 0 atom stereocenters. The van der Waals surface area contributed by atoms with Gasteiger partial charge in [0.2, 0.25) is 5.91 Å². The van der Waals surface area contributed by atoms with E-state index in [4.69, 9.17) is 4.74 Å². The summed E-state index contributed by atoms with van der Waals surface area (Å²) in [6, 6.07) is 22.6. The molecular weight excluding hydrogens is 374 g/mol. The van der Waals surface area contributed by atoms with Crippen LogP contribution in [0, 0.1) is 0 Å². The first-order valence-electron chi connectivity index (χ1n) is 9.69. The molecule has 0 heterocycles. The zero-order chi connectivity index (χ0) is 20.9. The standard InChI is InChI=1S/C26H21NO3/c1-30-23-13-8-18(9-14-23)10-15-25(28)27-22-11-6-19(7-12-22)16-21-17-20-4-2-3-5-24(20)26(21)29/h2-16H,17H2,1H3,(H,27,28)/b15-10+,21-16+. The number of carbonyl (C=O) groups is 2. The van der Waals surface area contributed by atoms with Crippen molar-refractivity contribution in [3.63, 3.8) is 0 Å². The van der Waals surface area contributed by atoms with E-state index in [-0.39, 0.29) is 11.7 Å². The van der Waals surface area contributed by atoms with Crippen molar-refractivity contribution >= 4 is 29.5 Å². The number of anilines is 1. The summed E-state index contributed by atoms with van der Waals surface area (Å²) in [6.07, 6.45) is 5.81. The number of amides is 1. The maximum absolute atomic E-state index is 12.5. The molecule has 0 radical (unpaired) electrons. The van der Waals surface area contributed by atoms with Crippen LogP contribution in [0.2, 0.25) is 0 Å². The molecule has 0 aliphatic heterocycles. The van der Waals surface area contributed by atoms with Crippen LogP contribution in [0.3, 0.4) is 0 Å². The van der Waals surface area contributed by atoms with Gasteiger partial charge in [-0.1, -0.05) is 48.5 Å². The molecule has 4 nitrogen and oxygen atoms in total. The van der Waals surface area contributed by atoms with Crippen molar-refractivity contribution in [1.29, 1.82) is 0 Å². The number of methoxy groups -OCH3 is 1. The molecular formula is C26H21NO3. The van der Waals surface area contributed by atoms with Crippen molar-refractivity contribution in [2.24, 2.45) is 0 Å². The van der Waals surface area contributed by atoms with Crippen molar-refractivity contribution in [1.82, 2.24) is 0 Å². The van der Waals surface area contributed by atoms with E-state index in [0.29, 0.717) is 12.1 Å². The molecule has 4 heteroatoms. The van der Waals surface area contributed by atoms with Crippen LogP contribution in [0.5, 0.6) is 5.75 Å². The highest BCUT2D eigenvalue weighted by atomic mass is 16.5. The van der Waals surface area contributed by atoms with E-state index in [1.54, 1.807) is 13.2 Å². The van der Waals surface area contributed by atoms with Crippen molar-refractivity contribution in [3.05, 3.63) is 107 Å². The Bertz CT molecular complexity index is 1140. The van der Waals surface area contributed by atoms with E-state index in [9.17, 15) is 9.59 Å². The van der Waals surface area contributed by atoms with E-state index in [1.807, 2.05) is 78.9 Å². The Labute approximate surface area is 175 Å². The first-order chi connectivity index (χ1) is 14.6. The Kier molecular flexibility index (Phi) is 5.57. The second-order valence-corrected chi connectivity index (χ2v) is 7.05. The first-order valence-corrected chi connectivity index (χ1v) is 9.69. The fourth-order valence-electron chi connectivity index (χ4n) is 3.41. The molecule has 0 saturated heterocycles. The summed E-state index contributed by atoms with van der Waals surface area (Å²) in [5, 5.41) is 2.84. The predicted octanol–water partition coefficient (Wildman–Crippen LogP) is 5.17. The molecule has 148 valence electrons. The van der Waals surface area contributed by atoms with Crippen LogP contribution in [0.4, 0.5) is 5.69 Å². The van der Waals surface area contributed by atoms with E-state index in [2.05, 4.69) is 5.32 Å². The number of ketones is 1. The van der Waals surface area contributed by atoms with Crippen molar-refractivity contribution in [2.75, 3.05) is 12.4 Å². The number of carbonyl (C=O) groups excluding carboxylic acids is 2. The van der Waals surface area contributed by atoms with E-state index < -0.39 is 0 Å². The van der Waals surface area contributed by atoms with Gasteiger partial charge in [0, 0.05) is 29.3 Å². The number of allylic oxidation sites excluding steroid dienone is 1. The number of ether oxygens (including phenoxy) is 1. The Morgan fingerprint density at radius 3 is 2.33 bits per heavy atom. The molecule has 1 amide bonds. The average molecular weight is 395 g/mol. The summed E-state index contributed by atoms with van der Waals surface area (Å²) < 4.78 is 5.12. The summed E-state index contributed by atoms with van der Waals surface area (Å²) in [6.45, 7) is 0. The summed E-state index contributed by atoms with van der Waals surface area (Å²) >= 11 is 0. The number of hydrogen-bond acceptors (Lipinski definition) is 3. The van der Waals surface area contributed by atoms with E-state index >= 15 is 0 Å². The van der Waals surface area contributed by atoms with Gasteiger partial charge in [0.25, 0.3) is 0 Å². The minimum absolute atomic E-state index is 0.0895. The molecule has 4 rings (SSSR count). The molecule has 0 bridgehead atoms. The molecule has 1 N–H and O–H groups in total. The zero-order valence-corrected chi connectivity index (χ0v) is 16.6. The Hall–Kier alpha value is -3.92. The van der Waals surface area contributed by atoms with Gasteiger partial charge < -0.3 is 10.1 Å². The monoisotopic (exact) mass is 395 g/mol. The SMILES string of the molecule is COc1ccc(/C=C/C(=O)Nc2ccc(/C=C3\Cc4ccccc4C3=O)cc2)cc1. The Morgan fingerprint density at radius 1 is 0.933 bits per heavy atom. The molecule has 3 aromatic carbocycles. The molecule has 30 heavy (non-hydrogen) atoms. The average Bonchev–Trinajstić information content (AvgIpc) is 3.09. The molecule has 0 unspecified atom stereocenters. The van der Waals surface area contributed by atoms with Crippen LogP contribution in [0.25, 0.3) is 12.2 Å². The molecule has 1 aliphatic carbocycles. The van der Waals surface area contributed by atoms with Crippen LogP contribution in [-0.2, 0) is 11.2 Å². The smallest absolute Gasteiger partial charge is 0.248 e. The topological polar surface area (TPSA) is 55.4 Å². The van der Waals surface area contributed by atoms with Crippen LogP contribution < -0.4 is 10.1 Å². The predicted molar refractivity (Wildman–Crippen MR) is 120 cm³/mol. The van der Waals surface area contributed by atoms with Crippen molar-refractivity contribution < 1.29 is 14.3 Å². The van der Waals surface area contributed by atoms with Crippen LogP contribution in [0.1, 0.15) is 27.0 Å². The lowest BCUT2D eigenvalue weighted by Crippen LogP contribution is -2.07. The molecule has 0 spiro atoms. The summed E-state index contributed by atoms with van der Waals surface area (Å²) in [5.41, 5.74) is 5.18. The van der Waals surface area contributed by atoms with Gasteiger partial charge in [-0.3, -0.25) is 9.59 Å². The summed E-state index contributed by atoms with van der Waals surface area (Å²) in [4.78, 5) is 24.7. The highest BCUT2D eigenvalue weighted by molar-refractivity contribution is 6.15. The highest BCUT2D eigenvalue weighted by Crippen LogP contribution is 2.27. The lowest BCUT2D eigenvalue weighted by Gasteiger charge is -2.03. The lowest BCUT2D eigenvalue weighted by molar-refractivity contribution is -0.111. The third kappa shape index (κ3) is 4.39. The fourth-order valence-corrected chi connectivity index (χ4v) is 3.41. The molecule has 0 aromatic heterocycles. The molecule has 3 aromatic rings. The maximum atomic E-state index is 12.5. The van der Waals surface area contributed by atoms with Crippen molar-refractivity contribution in [2.45, 2.75) is 6.42 Å². The van der Waals surface area contributed by atoms with Crippen LogP contribution in [0.15, 0.2) is 84.4 Å². The molecule has 1 aliphatic rings. The van der Waals surface area contributed by atoms with Gasteiger partial charge in [-0.15, -0.1) is 0 Å². The Balaban J connectivity index is 1.38. The summed E-state index contributed by atoms with van der Waals surface area (Å²) in [7, 11) is 1.62. The number of nitrogens with one attached hydrogen (secondary N) is 1. The minimum atomic E-state index is -0.210. The number of rotatable bonds is 5. The van der Waals surface area contributed by atoms with Crippen molar-refractivity contribution in [3.8, 4) is 5.75 Å². The van der Waals surface area contributed by atoms with Crippen LogP contribution in [-0.4, -0.2) is 18.8 Å². The van der Waals surface area contributed by atoms with Gasteiger partial charge in [-0.05, 0) is 53.1 Å². The number of Topliss-reactive ketones (excluding diaryl/α,β-unsaturated/α-hetero) is 1. The van der Waals surface area contributed by atoms with E-state index in [0.717, 1.165) is 33.6 Å². The third-order valence-corrected chi connectivity index (χ3v) is 5.00. The highest BCUT2D eigenvalue weighted by Gasteiger charge is 2.23. The van der Waals surface area contributed by atoms with Gasteiger partial charge in [0.05, 0.1) is 7.11 Å². The second kappa shape index (κ2) is 8.62. The zero-order valence-electron chi connectivity index (χ0n) is 16.6. The van der Waals surface area contributed by atoms with Gasteiger partial charge in [0.15, 0.2) is 5.78 Å². The maximum Gasteiger partial charge on any atom is 0.248 e. The first kappa shape index (κ1) is 19.4. The fraction of sp³-hybridized carbons (Fsp3) is 0.0769. The van der Waals surface area contributed by atoms with Gasteiger partial charge in [0.1, 0.15) is 5.75 Å². The number of benzene rings is 3. The van der Waals surface area contributed by atoms with E-state index in [1.165, 1.54) is 6.08 Å². The largest absolute Gasteiger partial charge is 0.497 e. The molecule has 0 saturated carbocycles. The second-order valence-electron chi connectivity index (χ2n) is 7.05. The Morgan fingerprint density at radius 2 is 1.63 bits per heavy atom. The van der Waals surface area contributed by atoms with Gasteiger partial charge in [-0.2, -0.15) is 0 Å². The lowest BCUT2D eigenvalue weighted by atomic mass is 10.1. The number of fused-ring (bicyclic) bond motifs is 1. The number of hydrogen-bond donors (Lipinski definition) is 1. The third-order valence-electron chi connectivity index (χ3n) is 5.00. The summed E-state index contributed by atoms with van der Waals surface area (Å²) in [5.74, 6) is 0.653. The van der Waals surface area contributed by atoms with Gasteiger partial charge >= 0.3 is 0 Å². The normalized spacial score (nSPS) is 14.2. The van der Waals surface area contributed by atoms with Crippen LogP contribution >= 0.6 is 0 Å². The van der Waals surface area contributed by atoms with Gasteiger partial charge in [-0.25, -0.2) is 0 Å². The molecule has 0 fully saturated rings.